The molecule has 0 saturated heterocycles. The molecule has 0 aliphatic rings. The molecule has 0 radical (unpaired) electrons. The summed E-state index contributed by atoms with van der Waals surface area (Å²) in [4.78, 5) is 11.5. The number of nitrogens with one attached hydrogen (secondary N) is 1. The fraction of sp³-hybridized carbons (Fsp3) is 0.462. The highest BCUT2D eigenvalue weighted by Crippen LogP contribution is 2.12. The molecular formula is C13H20N2O2. The van der Waals surface area contributed by atoms with Crippen LogP contribution in [0.3, 0.4) is 0 Å². The summed E-state index contributed by atoms with van der Waals surface area (Å²) in [7, 11) is 0. The highest BCUT2D eigenvalue weighted by Gasteiger charge is 2.32. The van der Waals surface area contributed by atoms with Crippen LogP contribution in [0.15, 0.2) is 30.3 Å². The number of rotatable bonds is 6. The second-order valence-corrected chi connectivity index (χ2v) is 4.60. The molecule has 1 aromatic rings. The summed E-state index contributed by atoms with van der Waals surface area (Å²) in [6.45, 7) is 5.89. The second-order valence-electron chi connectivity index (χ2n) is 4.60. The van der Waals surface area contributed by atoms with Gasteiger partial charge in [-0.3, -0.25) is 10.1 Å². The van der Waals surface area contributed by atoms with Crippen LogP contribution >= 0.6 is 0 Å². The third-order valence-electron chi connectivity index (χ3n) is 2.42. The summed E-state index contributed by atoms with van der Waals surface area (Å²) in [5.41, 5.74) is 4.54. The van der Waals surface area contributed by atoms with Gasteiger partial charge in [-0.2, -0.15) is 0 Å². The van der Waals surface area contributed by atoms with Gasteiger partial charge in [-0.1, -0.05) is 18.2 Å². The molecule has 0 saturated carbocycles. The van der Waals surface area contributed by atoms with Crippen LogP contribution < -0.4 is 15.8 Å². The van der Waals surface area contributed by atoms with Gasteiger partial charge in [0.1, 0.15) is 17.9 Å². The van der Waals surface area contributed by atoms with Crippen LogP contribution in [0.25, 0.3) is 0 Å². The average molecular weight is 236 g/mol. The summed E-state index contributed by atoms with van der Waals surface area (Å²) in [5, 5.41) is 3.13. The quantitative estimate of drug-likeness (QED) is 0.782. The molecule has 1 unspecified atom stereocenters. The third-order valence-corrected chi connectivity index (χ3v) is 2.42. The van der Waals surface area contributed by atoms with E-state index in [4.69, 9.17) is 10.5 Å². The van der Waals surface area contributed by atoms with E-state index in [-0.39, 0.29) is 12.6 Å². The van der Waals surface area contributed by atoms with Gasteiger partial charge < -0.3 is 10.5 Å². The molecule has 0 bridgehead atoms. The van der Waals surface area contributed by atoms with Crippen molar-refractivity contribution in [1.29, 1.82) is 0 Å². The van der Waals surface area contributed by atoms with Crippen molar-refractivity contribution in [3.05, 3.63) is 30.3 Å². The zero-order valence-corrected chi connectivity index (χ0v) is 10.6. The van der Waals surface area contributed by atoms with Crippen molar-refractivity contribution in [3.8, 4) is 5.75 Å². The lowest BCUT2D eigenvalue weighted by Crippen LogP contribution is -2.59. The lowest BCUT2D eigenvalue weighted by Gasteiger charge is -2.29. The highest BCUT2D eigenvalue weighted by molar-refractivity contribution is 5.84. The molecule has 0 spiro atoms. The molecule has 17 heavy (non-hydrogen) atoms. The summed E-state index contributed by atoms with van der Waals surface area (Å²) < 4.78 is 5.57. The van der Waals surface area contributed by atoms with Crippen LogP contribution in [0, 0.1) is 0 Å². The van der Waals surface area contributed by atoms with Crippen molar-refractivity contribution in [2.75, 3.05) is 6.61 Å². The number of para-hydroxylation sites is 1. The predicted octanol–water partition coefficient (Wildman–Crippen LogP) is 1.31. The summed E-state index contributed by atoms with van der Waals surface area (Å²) in [6, 6.07) is 9.52. The normalized spacial score (nSPS) is 14.4. The van der Waals surface area contributed by atoms with Crippen molar-refractivity contribution in [1.82, 2.24) is 5.32 Å². The topological polar surface area (TPSA) is 64.3 Å². The molecule has 94 valence electrons. The van der Waals surface area contributed by atoms with E-state index in [0.29, 0.717) is 0 Å². The monoisotopic (exact) mass is 236 g/mol. The SMILES string of the molecule is CC(C)NC(C)(COc1ccccc1)C(N)=O. The maximum atomic E-state index is 11.5. The Kier molecular flexibility index (Phi) is 4.52. The molecule has 1 rings (SSSR count). The minimum atomic E-state index is -0.857. The van der Waals surface area contributed by atoms with Gasteiger partial charge in [0.25, 0.3) is 0 Å². The van der Waals surface area contributed by atoms with E-state index < -0.39 is 11.4 Å². The van der Waals surface area contributed by atoms with Crippen molar-refractivity contribution in [2.24, 2.45) is 5.73 Å². The lowest BCUT2D eigenvalue weighted by atomic mass is 10.0. The van der Waals surface area contributed by atoms with Gasteiger partial charge in [-0.25, -0.2) is 0 Å². The maximum Gasteiger partial charge on any atom is 0.240 e. The van der Waals surface area contributed by atoms with Gasteiger partial charge in [0.05, 0.1) is 0 Å². The number of amides is 1. The number of primary amides is 1. The summed E-state index contributed by atoms with van der Waals surface area (Å²) >= 11 is 0. The smallest absolute Gasteiger partial charge is 0.240 e. The van der Waals surface area contributed by atoms with Crippen LogP contribution in [0.1, 0.15) is 20.8 Å². The fourth-order valence-electron chi connectivity index (χ4n) is 1.57. The Balaban J connectivity index is 2.65. The van der Waals surface area contributed by atoms with Gasteiger partial charge >= 0.3 is 0 Å². The summed E-state index contributed by atoms with van der Waals surface area (Å²) in [5.74, 6) is 0.313. The van der Waals surface area contributed by atoms with Crippen molar-refractivity contribution >= 4 is 5.91 Å². The number of ether oxygens (including phenoxy) is 1. The van der Waals surface area contributed by atoms with Crippen LogP contribution in [-0.4, -0.2) is 24.1 Å². The number of carbonyl (C=O) groups is 1. The first-order valence-corrected chi connectivity index (χ1v) is 5.69. The molecule has 0 heterocycles. The Bertz CT molecular complexity index is 365. The van der Waals surface area contributed by atoms with E-state index in [1.165, 1.54) is 0 Å². The molecule has 4 heteroatoms. The Morgan fingerprint density at radius 3 is 2.47 bits per heavy atom. The number of hydrogen-bond acceptors (Lipinski definition) is 3. The van der Waals surface area contributed by atoms with Gasteiger partial charge in [0.15, 0.2) is 0 Å². The van der Waals surface area contributed by atoms with E-state index in [1.807, 2.05) is 44.2 Å². The second kappa shape index (κ2) is 5.68. The number of carbonyl (C=O) groups excluding carboxylic acids is 1. The largest absolute Gasteiger partial charge is 0.491 e. The molecule has 0 fully saturated rings. The number of benzene rings is 1. The molecular weight excluding hydrogens is 216 g/mol. The van der Waals surface area contributed by atoms with Crippen LogP contribution in [-0.2, 0) is 4.79 Å². The van der Waals surface area contributed by atoms with Gasteiger partial charge in [-0.05, 0) is 32.9 Å². The first kappa shape index (κ1) is 13.5. The van der Waals surface area contributed by atoms with Gasteiger partial charge in [0.2, 0.25) is 5.91 Å². The van der Waals surface area contributed by atoms with E-state index in [1.54, 1.807) is 6.92 Å². The van der Waals surface area contributed by atoms with E-state index >= 15 is 0 Å². The molecule has 1 atom stereocenters. The van der Waals surface area contributed by atoms with Gasteiger partial charge in [-0.15, -0.1) is 0 Å². The minimum Gasteiger partial charge on any atom is -0.491 e. The average Bonchev–Trinajstić information content (AvgIpc) is 2.27. The first-order chi connectivity index (χ1) is 7.94. The Hall–Kier alpha value is -1.55. The van der Waals surface area contributed by atoms with E-state index in [9.17, 15) is 4.79 Å². The number of hydrogen-bond donors (Lipinski definition) is 2. The Labute approximate surface area is 102 Å². The highest BCUT2D eigenvalue weighted by atomic mass is 16.5. The molecule has 0 aliphatic carbocycles. The third kappa shape index (κ3) is 4.07. The van der Waals surface area contributed by atoms with Crippen molar-refractivity contribution < 1.29 is 9.53 Å². The molecule has 0 aromatic heterocycles. The van der Waals surface area contributed by atoms with Gasteiger partial charge in [0, 0.05) is 6.04 Å². The van der Waals surface area contributed by atoms with Crippen LogP contribution in [0.2, 0.25) is 0 Å². The molecule has 1 aromatic carbocycles. The van der Waals surface area contributed by atoms with Crippen LogP contribution in [0.4, 0.5) is 0 Å². The maximum absolute atomic E-state index is 11.5. The molecule has 0 aliphatic heterocycles. The van der Waals surface area contributed by atoms with Crippen LogP contribution in [0.5, 0.6) is 5.75 Å². The Morgan fingerprint density at radius 2 is 2.00 bits per heavy atom. The Morgan fingerprint density at radius 1 is 1.41 bits per heavy atom. The predicted molar refractivity (Wildman–Crippen MR) is 67.8 cm³/mol. The standard InChI is InChI=1S/C13H20N2O2/c1-10(2)15-13(3,12(14)16)9-17-11-7-5-4-6-8-11/h4-8,10,15H,9H2,1-3H3,(H2,14,16). The molecule has 4 nitrogen and oxygen atoms in total. The van der Waals surface area contributed by atoms with Crippen molar-refractivity contribution in [3.63, 3.8) is 0 Å². The lowest BCUT2D eigenvalue weighted by molar-refractivity contribution is -0.125. The van der Waals surface area contributed by atoms with Crippen molar-refractivity contribution in [2.45, 2.75) is 32.4 Å². The minimum absolute atomic E-state index is 0.159. The fourth-order valence-corrected chi connectivity index (χ4v) is 1.57. The number of nitrogens with two attached hydrogens (primary N) is 1. The summed E-state index contributed by atoms with van der Waals surface area (Å²) in [6.07, 6.45) is 0. The first-order valence-electron chi connectivity index (χ1n) is 5.69. The zero-order valence-electron chi connectivity index (χ0n) is 10.6. The van der Waals surface area contributed by atoms with E-state index in [2.05, 4.69) is 5.32 Å². The molecule has 1 amide bonds. The molecule has 3 N–H and O–H groups in total. The van der Waals surface area contributed by atoms with E-state index in [0.717, 1.165) is 5.75 Å². The zero-order chi connectivity index (χ0) is 12.9.